The molecule has 0 unspecified atom stereocenters. The number of nitrogens with two attached hydrogens (primary N) is 1. The van der Waals surface area contributed by atoms with Crippen LogP contribution in [-0.4, -0.2) is 44.0 Å². The molecule has 7 heteroatoms. The summed E-state index contributed by atoms with van der Waals surface area (Å²) in [5.74, 6) is 12.6. The summed E-state index contributed by atoms with van der Waals surface area (Å²) in [6.07, 6.45) is 3.40. The van der Waals surface area contributed by atoms with Crippen molar-refractivity contribution in [1.29, 1.82) is 0 Å². The van der Waals surface area contributed by atoms with Crippen LogP contribution in [0.5, 0.6) is 0 Å². The molecule has 3 rings (SSSR count). The number of aryl methyl sites for hydroxylation is 1. The fraction of sp³-hybridized carbons (Fsp3) is 0.522. The lowest BCUT2D eigenvalue weighted by Gasteiger charge is -2.33. The summed E-state index contributed by atoms with van der Waals surface area (Å²) in [4.78, 5) is 18.3. The molecule has 0 aromatic heterocycles. The Morgan fingerprint density at radius 2 is 2.03 bits per heavy atom. The molecule has 1 aliphatic carbocycles. The molecule has 160 valence electrons. The first-order chi connectivity index (χ1) is 14.3. The summed E-state index contributed by atoms with van der Waals surface area (Å²) in [6.45, 7) is 9.09. The van der Waals surface area contributed by atoms with Gasteiger partial charge in [-0.25, -0.2) is 0 Å². The van der Waals surface area contributed by atoms with E-state index in [1.165, 1.54) is 18.0 Å². The molecule has 2 fully saturated rings. The standard InChI is InChI=1S/C23H30N4O3/c1-16-5-6-19(10-9-18-7-8-18)11-20(16)27(17(2)28)21(26-24)12-25-13-22-29-14-23(3,4)15-30-22/h5-6,11-12,18,22H,7-8,13-15,24H2,1-4H3/b25-12?,26-21+. The topological polar surface area (TPSA) is 89.5 Å². The summed E-state index contributed by atoms with van der Waals surface area (Å²) in [5, 5.41) is 3.80. The van der Waals surface area contributed by atoms with Crippen molar-refractivity contribution in [2.24, 2.45) is 27.3 Å². The first-order valence-corrected chi connectivity index (χ1v) is 10.2. The number of aliphatic imine (C=N–C) groups is 1. The van der Waals surface area contributed by atoms with Crippen LogP contribution in [0.15, 0.2) is 28.3 Å². The van der Waals surface area contributed by atoms with E-state index in [4.69, 9.17) is 15.3 Å². The molecule has 0 radical (unpaired) electrons. The summed E-state index contributed by atoms with van der Waals surface area (Å²) < 4.78 is 11.4. The number of carbonyl (C=O) groups excluding carboxylic acids is 1. The average Bonchev–Trinajstić information content (AvgIpc) is 3.52. The van der Waals surface area contributed by atoms with E-state index in [9.17, 15) is 4.79 Å². The number of amidine groups is 1. The van der Waals surface area contributed by atoms with Gasteiger partial charge in [0.1, 0.15) is 0 Å². The van der Waals surface area contributed by atoms with E-state index >= 15 is 0 Å². The van der Waals surface area contributed by atoms with Gasteiger partial charge in [-0.3, -0.25) is 14.7 Å². The minimum Gasteiger partial charge on any atom is -0.350 e. The fourth-order valence-corrected chi connectivity index (χ4v) is 3.00. The van der Waals surface area contributed by atoms with Gasteiger partial charge < -0.3 is 15.3 Å². The molecule has 7 nitrogen and oxygen atoms in total. The van der Waals surface area contributed by atoms with Crippen LogP contribution >= 0.6 is 0 Å². The second kappa shape index (κ2) is 9.41. The maximum atomic E-state index is 12.5. The highest BCUT2D eigenvalue weighted by Gasteiger charge is 2.28. The Balaban J connectivity index is 1.75. The van der Waals surface area contributed by atoms with Crippen LogP contribution in [0, 0.1) is 30.1 Å². The predicted octanol–water partition coefficient (Wildman–Crippen LogP) is 2.85. The zero-order chi connectivity index (χ0) is 21.7. The fourth-order valence-electron chi connectivity index (χ4n) is 3.00. The lowest BCUT2D eigenvalue weighted by atomic mass is 9.96. The van der Waals surface area contributed by atoms with Crippen molar-refractivity contribution in [2.75, 3.05) is 24.7 Å². The van der Waals surface area contributed by atoms with Gasteiger partial charge in [-0.2, -0.15) is 5.10 Å². The molecular formula is C23H30N4O3. The number of hydrogen-bond donors (Lipinski definition) is 1. The highest BCUT2D eigenvalue weighted by molar-refractivity contribution is 6.41. The second-order valence-electron chi connectivity index (χ2n) is 8.60. The van der Waals surface area contributed by atoms with Crippen molar-refractivity contribution in [1.82, 2.24) is 0 Å². The lowest BCUT2D eigenvalue weighted by Crippen LogP contribution is -2.40. The maximum Gasteiger partial charge on any atom is 0.229 e. The molecule has 1 saturated heterocycles. The number of anilines is 1. The van der Waals surface area contributed by atoms with Gasteiger partial charge in [0.2, 0.25) is 5.91 Å². The molecule has 1 aliphatic heterocycles. The van der Waals surface area contributed by atoms with Gasteiger partial charge >= 0.3 is 0 Å². The van der Waals surface area contributed by atoms with Gasteiger partial charge in [0.05, 0.1) is 31.7 Å². The summed E-state index contributed by atoms with van der Waals surface area (Å²) >= 11 is 0. The molecule has 2 aliphatic rings. The number of carbonyl (C=O) groups is 1. The number of nitrogens with zero attached hydrogens (tertiary/aromatic N) is 3. The zero-order valence-electron chi connectivity index (χ0n) is 18.1. The van der Waals surface area contributed by atoms with Crippen LogP contribution in [0.2, 0.25) is 0 Å². The maximum absolute atomic E-state index is 12.5. The third-order valence-electron chi connectivity index (χ3n) is 4.91. The van der Waals surface area contributed by atoms with Crippen molar-refractivity contribution in [3.05, 3.63) is 29.3 Å². The number of ether oxygens (including phenoxy) is 2. The minimum absolute atomic E-state index is 0.000460. The molecule has 1 amide bonds. The minimum atomic E-state index is -0.415. The predicted molar refractivity (Wildman–Crippen MR) is 118 cm³/mol. The molecule has 0 bridgehead atoms. The van der Waals surface area contributed by atoms with Gasteiger partial charge in [0, 0.05) is 23.8 Å². The van der Waals surface area contributed by atoms with Crippen LogP contribution < -0.4 is 10.7 Å². The molecule has 0 atom stereocenters. The lowest BCUT2D eigenvalue weighted by molar-refractivity contribution is -0.215. The molecule has 30 heavy (non-hydrogen) atoms. The van der Waals surface area contributed by atoms with Gasteiger partial charge in [0.25, 0.3) is 0 Å². The van der Waals surface area contributed by atoms with E-state index in [-0.39, 0.29) is 17.2 Å². The Hall–Kier alpha value is -2.69. The number of amides is 1. The Morgan fingerprint density at radius 1 is 1.33 bits per heavy atom. The number of hydrazone groups is 1. The van der Waals surface area contributed by atoms with Crippen LogP contribution in [0.25, 0.3) is 0 Å². The summed E-state index contributed by atoms with van der Waals surface area (Å²) in [7, 11) is 0. The monoisotopic (exact) mass is 410 g/mol. The smallest absolute Gasteiger partial charge is 0.229 e. The van der Waals surface area contributed by atoms with Gasteiger partial charge in [-0.1, -0.05) is 31.8 Å². The molecule has 1 aromatic carbocycles. The van der Waals surface area contributed by atoms with E-state index in [0.717, 1.165) is 24.0 Å². The Bertz CT molecular complexity index is 897. The summed E-state index contributed by atoms with van der Waals surface area (Å²) in [6, 6.07) is 5.79. The third-order valence-corrected chi connectivity index (χ3v) is 4.91. The zero-order valence-corrected chi connectivity index (χ0v) is 18.1. The van der Waals surface area contributed by atoms with E-state index in [1.54, 1.807) is 0 Å². The van der Waals surface area contributed by atoms with Crippen LogP contribution in [0.1, 0.15) is 44.7 Å². The number of rotatable bonds is 4. The van der Waals surface area contributed by atoms with Gasteiger partial charge in [-0.05, 0) is 37.5 Å². The normalized spacial score (nSPS) is 19.4. The Morgan fingerprint density at radius 3 is 2.63 bits per heavy atom. The van der Waals surface area contributed by atoms with Crippen molar-refractivity contribution >= 4 is 23.6 Å². The average molecular weight is 411 g/mol. The number of hydrogen-bond acceptors (Lipinski definition) is 6. The third kappa shape index (κ3) is 5.91. The largest absolute Gasteiger partial charge is 0.350 e. The molecule has 0 spiro atoms. The molecule has 1 saturated carbocycles. The van der Waals surface area contributed by atoms with Gasteiger partial charge in [-0.15, -0.1) is 0 Å². The molecule has 1 aromatic rings. The molecular weight excluding hydrogens is 380 g/mol. The van der Waals surface area contributed by atoms with Crippen LogP contribution in [0.4, 0.5) is 5.69 Å². The number of benzene rings is 1. The Labute approximate surface area is 178 Å². The van der Waals surface area contributed by atoms with Crippen molar-refractivity contribution in [2.45, 2.75) is 46.8 Å². The van der Waals surface area contributed by atoms with E-state index in [0.29, 0.717) is 31.4 Å². The SMILES string of the molecule is CC(=O)N(/C(C=NCC1OCC(C)(C)CO1)=N/N)c1cc(C#CC2CC2)ccc1C. The summed E-state index contributed by atoms with van der Waals surface area (Å²) in [5.41, 5.74) is 2.46. The Kier molecular flexibility index (Phi) is 6.91. The highest BCUT2D eigenvalue weighted by Crippen LogP contribution is 2.28. The van der Waals surface area contributed by atoms with E-state index in [1.807, 2.05) is 25.1 Å². The van der Waals surface area contributed by atoms with E-state index in [2.05, 4.69) is 35.8 Å². The molecule has 1 heterocycles. The van der Waals surface area contributed by atoms with Crippen LogP contribution in [0.3, 0.4) is 0 Å². The quantitative estimate of drug-likeness (QED) is 0.272. The highest BCUT2D eigenvalue weighted by atomic mass is 16.7. The van der Waals surface area contributed by atoms with Gasteiger partial charge in [0.15, 0.2) is 12.1 Å². The second-order valence-corrected chi connectivity index (χ2v) is 8.60. The van der Waals surface area contributed by atoms with Crippen LogP contribution in [-0.2, 0) is 14.3 Å². The first kappa shape index (κ1) is 22.0. The van der Waals surface area contributed by atoms with Crippen molar-refractivity contribution < 1.29 is 14.3 Å². The van der Waals surface area contributed by atoms with Crippen molar-refractivity contribution in [3.63, 3.8) is 0 Å². The molecule has 2 N–H and O–H groups in total. The van der Waals surface area contributed by atoms with Crippen molar-refractivity contribution in [3.8, 4) is 11.8 Å². The van der Waals surface area contributed by atoms with E-state index < -0.39 is 6.29 Å². The first-order valence-electron chi connectivity index (χ1n) is 10.2.